The molecule has 0 aliphatic heterocycles. The minimum atomic E-state index is 0.215. The van der Waals surface area contributed by atoms with E-state index in [2.05, 4.69) is 25.8 Å². The van der Waals surface area contributed by atoms with E-state index in [1.54, 1.807) is 6.20 Å². The molecule has 2 heteroatoms. The number of Topliss-reactive ketones (excluding diaryl/α,β-unsaturated/α-hetero) is 1. The molecule has 0 saturated heterocycles. The summed E-state index contributed by atoms with van der Waals surface area (Å²) in [5, 5.41) is 0. The van der Waals surface area contributed by atoms with Crippen molar-refractivity contribution in [1.29, 1.82) is 0 Å². The molecule has 1 heterocycles. The first kappa shape index (κ1) is 11.9. The fourth-order valence-electron chi connectivity index (χ4n) is 1.41. The Morgan fingerprint density at radius 3 is 2.73 bits per heavy atom. The number of pyridine rings is 1. The normalized spacial score (nSPS) is 10.7. The molecule has 0 fully saturated rings. The van der Waals surface area contributed by atoms with Gasteiger partial charge in [-0.25, -0.2) is 0 Å². The summed E-state index contributed by atoms with van der Waals surface area (Å²) in [4.78, 5) is 15.9. The third-order valence-corrected chi connectivity index (χ3v) is 2.51. The molecule has 0 amide bonds. The van der Waals surface area contributed by atoms with Crippen molar-refractivity contribution in [2.24, 2.45) is 0 Å². The zero-order valence-corrected chi connectivity index (χ0v) is 9.79. The van der Waals surface area contributed by atoms with Crippen molar-refractivity contribution in [3.63, 3.8) is 0 Å². The van der Waals surface area contributed by atoms with Crippen LogP contribution in [0.1, 0.15) is 61.9 Å². The van der Waals surface area contributed by atoms with E-state index in [1.165, 1.54) is 0 Å². The molecule has 0 unspecified atom stereocenters. The van der Waals surface area contributed by atoms with E-state index in [9.17, 15) is 4.79 Å². The van der Waals surface area contributed by atoms with Crippen LogP contribution in [0.4, 0.5) is 0 Å². The number of aromatic nitrogens is 1. The van der Waals surface area contributed by atoms with Crippen molar-refractivity contribution in [2.75, 3.05) is 0 Å². The minimum Gasteiger partial charge on any atom is -0.294 e. The van der Waals surface area contributed by atoms with Crippen LogP contribution in [0, 0.1) is 0 Å². The van der Waals surface area contributed by atoms with Gasteiger partial charge < -0.3 is 0 Å². The Balaban J connectivity index is 2.76. The number of nitrogens with zero attached hydrogens (tertiary/aromatic N) is 1. The number of hydrogen-bond acceptors (Lipinski definition) is 2. The van der Waals surface area contributed by atoms with Crippen molar-refractivity contribution >= 4 is 5.78 Å². The summed E-state index contributed by atoms with van der Waals surface area (Å²) < 4.78 is 0. The lowest BCUT2D eigenvalue weighted by Crippen LogP contribution is -2.01. The highest BCUT2D eigenvalue weighted by Gasteiger charge is 2.07. The fraction of sp³-hybridized carbons (Fsp3) is 0.538. The van der Waals surface area contributed by atoms with E-state index in [4.69, 9.17) is 0 Å². The Bertz CT molecular complexity index is 331. The maximum absolute atomic E-state index is 11.7. The van der Waals surface area contributed by atoms with E-state index in [-0.39, 0.29) is 5.78 Å². The first-order valence-electron chi connectivity index (χ1n) is 5.63. The standard InChI is InChI=1S/C13H19NO/c1-4-5-6-13(15)12-7-11(10(2)3)8-14-9-12/h7-10H,4-6H2,1-3H3. The number of carbonyl (C=O) groups is 1. The van der Waals surface area contributed by atoms with Gasteiger partial charge in [-0.3, -0.25) is 9.78 Å². The smallest absolute Gasteiger partial charge is 0.164 e. The zero-order chi connectivity index (χ0) is 11.3. The highest BCUT2D eigenvalue weighted by molar-refractivity contribution is 5.95. The molecule has 0 atom stereocenters. The molecule has 0 N–H and O–H groups in total. The van der Waals surface area contributed by atoms with Gasteiger partial charge >= 0.3 is 0 Å². The van der Waals surface area contributed by atoms with Gasteiger partial charge in [0.2, 0.25) is 0 Å². The molecule has 1 aromatic rings. The first-order valence-corrected chi connectivity index (χ1v) is 5.63. The van der Waals surface area contributed by atoms with Crippen LogP contribution in [-0.4, -0.2) is 10.8 Å². The van der Waals surface area contributed by atoms with E-state index < -0.39 is 0 Å². The Morgan fingerprint density at radius 2 is 2.13 bits per heavy atom. The van der Waals surface area contributed by atoms with E-state index in [1.807, 2.05) is 12.3 Å². The molecular weight excluding hydrogens is 186 g/mol. The van der Waals surface area contributed by atoms with Gasteiger partial charge in [0.25, 0.3) is 0 Å². The lowest BCUT2D eigenvalue weighted by atomic mass is 10.0. The highest BCUT2D eigenvalue weighted by atomic mass is 16.1. The van der Waals surface area contributed by atoms with Crippen molar-refractivity contribution in [2.45, 2.75) is 46.0 Å². The predicted octanol–water partition coefficient (Wildman–Crippen LogP) is 3.58. The monoisotopic (exact) mass is 205 g/mol. The van der Waals surface area contributed by atoms with Gasteiger partial charge in [-0.15, -0.1) is 0 Å². The first-order chi connectivity index (χ1) is 7.15. The zero-order valence-electron chi connectivity index (χ0n) is 9.79. The van der Waals surface area contributed by atoms with Crippen LogP contribution >= 0.6 is 0 Å². The Kier molecular flexibility index (Phi) is 4.47. The summed E-state index contributed by atoms with van der Waals surface area (Å²) in [6, 6.07) is 1.97. The van der Waals surface area contributed by atoms with Gasteiger partial charge in [-0.2, -0.15) is 0 Å². The summed E-state index contributed by atoms with van der Waals surface area (Å²) in [6.45, 7) is 6.31. The molecule has 0 saturated carbocycles. The second-order valence-corrected chi connectivity index (χ2v) is 4.19. The number of hydrogen-bond donors (Lipinski definition) is 0. The maximum atomic E-state index is 11.7. The van der Waals surface area contributed by atoms with Crippen LogP contribution in [0.25, 0.3) is 0 Å². The average Bonchev–Trinajstić information content (AvgIpc) is 2.26. The van der Waals surface area contributed by atoms with Gasteiger partial charge in [-0.05, 0) is 24.0 Å². The number of ketones is 1. The fourth-order valence-corrected chi connectivity index (χ4v) is 1.41. The molecule has 1 aromatic heterocycles. The van der Waals surface area contributed by atoms with Gasteiger partial charge in [-0.1, -0.05) is 27.2 Å². The second-order valence-electron chi connectivity index (χ2n) is 4.19. The van der Waals surface area contributed by atoms with E-state index in [0.717, 1.165) is 24.0 Å². The summed E-state index contributed by atoms with van der Waals surface area (Å²) in [6.07, 6.45) is 6.17. The van der Waals surface area contributed by atoms with Crippen molar-refractivity contribution in [3.05, 3.63) is 29.6 Å². The summed E-state index contributed by atoms with van der Waals surface area (Å²) in [5.41, 5.74) is 1.90. The molecule has 0 aliphatic rings. The van der Waals surface area contributed by atoms with Crippen molar-refractivity contribution in [3.8, 4) is 0 Å². The minimum absolute atomic E-state index is 0.215. The SMILES string of the molecule is CCCCC(=O)c1cncc(C(C)C)c1. The molecule has 0 aliphatic carbocycles. The van der Waals surface area contributed by atoms with Gasteiger partial charge in [0.05, 0.1) is 0 Å². The summed E-state index contributed by atoms with van der Waals surface area (Å²) in [5.74, 6) is 0.642. The lowest BCUT2D eigenvalue weighted by molar-refractivity contribution is 0.0979. The molecule has 0 radical (unpaired) electrons. The average molecular weight is 205 g/mol. The van der Waals surface area contributed by atoms with Crippen LogP contribution in [0.5, 0.6) is 0 Å². The second kappa shape index (κ2) is 5.64. The van der Waals surface area contributed by atoms with Crippen molar-refractivity contribution < 1.29 is 4.79 Å². The van der Waals surface area contributed by atoms with Crippen LogP contribution in [0.15, 0.2) is 18.5 Å². The van der Waals surface area contributed by atoms with Crippen molar-refractivity contribution in [1.82, 2.24) is 4.98 Å². The lowest BCUT2D eigenvalue weighted by Gasteiger charge is -2.06. The number of unbranched alkanes of at least 4 members (excludes halogenated alkanes) is 1. The molecule has 82 valence electrons. The molecule has 0 spiro atoms. The quantitative estimate of drug-likeness (QED) is 0.688. The topological polar surface area (TPSA) is 30.0 Å². The van der Waals surface area contributed by atoms with Crippen LogP contribution in [0.2, 0.25) is 0 Å². The van der Waals surface area contributed by atoms with Gasteiger partial charge in [0.15, 0.2) is 5.78 Å². The van der Waals surface area contributed by atoms with Crippen LogP contribution < -0.4 is 0 Å². The Labute approximate surface area is 91.7 Å². The third kappa shape index (κ3) is 3.46. The highest BCUT2D eigenvalue weighted by Crippen LogP contribution is 2.15. The summed E-state index contributed by atoms with van der Waals surface area (Å²) >= 11 is 0. The predicted molar refractivity (Wildman–Crippen MR) is 62.2 cm³/mol. The molecule has 0 aromatic carbocycles. The Hall–Kier alpha value is -1.18. The summed E-state index contributed by atoms with van der Waals surface area (Å²) in [7, 11) is 0. The van der Waals surface area contributed by atoms with Gasteiger partial charge in [0, 0.05) is 24.4 Å². The molecule has 2 nitrogen and oxygen atoms in total. The largest absolute Gasteiger partial charge is 0.294 e. The Morgan fingerprint density at radius 1 is 1.40 bits per heavy atom. The molecule has 1 rings (SSSR count). The maximum Gasteiger partial charge on any atom is 0.164 e. The molecule has 0 bridgehead atoms. The third-order valence-electron chi connectivity index (χ3n) is 2.51. The van der Waals surface area contributed by atoms with E-state index in [0.29, 0.717) is 12.3 Å². The molecular formula is C13H19NO. The molecule has 15 heavy (non-hydrogen) atoms. The number of carbonyl (C=O) groups excluding carboxylic acids is 1. The van der Waals surface area contributed by atoms with E-state index >= 15 is 0 Å². The van der Waals surface area contributed by atoms with Gasteiger partial charge in [0.1, 0.15) is 0 Å². The van der Waals surface area contributed by atoms with Crippen LogP contribution in [-0.2, 0) is 0 Å². The van der Waals surface area contributed by atoms with Crippen LogP contribution in [0.3, 0.4) is 0 Å². The number of rotatable bonds is 5.